The lowest BCUT2D eigenvalue weighted by molar-refractivity contribution is 0.547. The summed E-state index contributed by atoms with van der Waals surface area (Å²) in [5, 5.41) is 4.55. The first-order valence-corrected chi connectivity index (χ1v) is 6.10. The summed E-state index contributed by atoms with van der Waals surface area (Å²) in [7, 11) is 2.00. The van der Waals surface area contributed by atoms with E-state index >= 15 is 0 Å². The second-order valence-corrected chi connectivity index (χ2v) is 5.13. The van der Waals surface area contributed by atoms with Crippen LogP contribution in [-0.2, 0) is 13.6 Å². The molecule has 0 amide bonds. The van der Waals surface area contributed by atoms with Gasteiger partial charge in [-0.3, -0.25) is 0 Å². The lowest BCUT2D eigenvalue weighted by Gasteiger charge is -2.10. The van der Waals surface area contributed by atoms with Gasteiger partial charge in [-0.2, -0.15) is 0 Å². The molecular formula is C11H16N4S. The zero-order valence-electron chi connectivity index (χ0n) is 9.77. The van der Waals surface area contributed by atoms with Gasteiger partial charge in [0.2, 0.25) is 0 Å². The van der Waals surface area contributed by atoms with Crippen molar-refractivity contribution in [3.63, 3.8) is 0 Å². The largest absolute Gasteiger partial charge is 0.337 e. The summed E-state index contributed by atoms with van der Waals surface area (Å²) >= 11 is 1.74. The number of aryl methyl sites for hydroxylation is 2. The fourth-order valence-electron chi connectivity index (χ4n) is 1.47. The molecule has 0 saturated heterocycles. The number of hydrogen-bond acceptors (Lipinski definition) is 4. The second-order valence-electron chi connectivity index (χ2n) is 3.87. The summed E-state index contributed by atoms with van der Waals surface area (Å²) in [5.74, 6) is 1.04. The van der Waals surface area contributed by atoms with Crippen LogP contribution in [0, 0.1) is 6.92 Å². The van der Waals surface area contributed by atoms with Gasteiger partial charge < -0.3 is 9.88 Å². The quantitative estimate of drug-likeness (QED) is 0.883. The molecule has 1 atom stereocenters. The SMILES string of the molecule is Cc1cnc(C(C)NCc2nccn2C)s1. The highest BCUT2D eigenvalue weighted by Gasteiger charge is 2.09. The van der Waals surface area contributed by atoms with Crippen molar-refractivity contribution in [1.82, 2.24) is 19.9 Å². The van der Waals surface area contributed by atoms with Gasteiger partial charge in [-0.25, -0.2) is 9.97 Å². The highest BCUT2D eigenvalue weighted by molar-refractivity contribution is 7.11. The number of imidazole rings is 1. The Bertz CT molecular complexity index is 460. The Labute approximate surface area is 99.4 Å². The van der Waals surface area contributed by atoms with Crippen molar-refractivity contribution in [2.45, 2.75) is 26.4 Å². The fraction of sp³-hybridized carbons (Fsp3) is 0.455. The van der Waals surface area contributed by atoms with Crippen molar-refractivity contribution in [1.29, 1.82) is 0 Å². The normalized spacial score (nSPS) is 12.9. The summed E-state index contributed by atoms with van der Waals surface area (Å²) in [6.07, 6.45) is 5.68. The lowest BCUT2D eigenvalue weighted by atomic mass is 10.3. The molecule has 5 heteroatoms. The molecule has 2 aromatic rings. The Morgan fingerprint density at radius 3 is 2.88 bits per heavy atom. The van der Waals surface area contributed by atoms with Gasteiger partial charge in [0.1, 0.15) is 10.8 Å². The average Bonchev–Trinajstić information content (AvgIpc) is 2.84. The second kappa shape index (κ2) is 4.76. The zero-order chi connectivity index (χ0) is 11.5. The first-order valence-electron chi connectivity index (χ1n) is 5.28. The molecule has 2 heterocycles. The van der Waals surface area contributed by atoms with E-state index in [0.29, 0.717) is 0 Å². The number of hydrogen-bond donors (Lipinski definition) is 1. The Morgan fingerprint density at radius 1 is 1.50 bits per heavy atom. The minimum absolute atomic E-state index is 0.274. The minimum Gasteiger partial charge on any atom is -0.337 e. The third-order valence-corrected chi connectivity index (χ3v) is 3.59. The molecule has 1 unspecified atom stereocenters. The van der Waals surface area contributed by atoms with Gasteiger partial charge in [0, 0.05) is 30.5 Å². The summed E-state index contributed by atoms with van der Waals surface area (Å²) in [6, 6.07) is 0.274. The van der Waals surface area contributed by atoms with Crippen LogP contribution in [0.15, 0.2) is 18.6 Å². The summed E-state index contributed by atoms with van der Waals surface area (Å²) in [5.41, 5.74) is 0. The van der Waals surface area contributed by atoms with Crippen LogP contribution >= 0.6 is 11.3 Å². The van der Waals surface area contributed by atoms with E-state index in [4.69, 9.17) is 0 Å². The van der Waals surface area contributed by atoms with Crippen molar-refractivity contribution in [3.8, 4) is 0 Å². The van der Waals surface area contributed by atoms with E-state index in [1.807, 2.05) is 30.2 Å². The van der Waals surface area contributed by atoms with Gasteiger partial charge in [-0.15, -0.1) is 11.3 Å². The standard InChI is InChI=1S/C11H16N4S/c1-8-6-14-11(16-8)9(2)13-7-10-12-4-5-15(10)3/h4-6,9,13H,7H2,1-3H3. The number of aromatic nitrogens is 3. The van der Waals surface area contributed by atoms with Crippen molar-refractivity contribution in [3.05, 3.63) is 34.3 Å². The first-order chi connectivity index (χ1) is 7.66. The monoisotopic (exact) mass is 236 g/mol. The zero-order valence-corrected chi connectivity index (χ0v) is 10.6. The van der Waals surface area contributed by atoms with Gasteiger partial charge in [0.25, 0.3) is 0 Å². The van der Waals surface area contributed by atoms with Gasteiger partial charge in [-0.1, -0.05) is 0 Å². The molecule has 1 N–H and O–H groups in total. The molecule has 0 bridgehead atoms. The van der Waals surface area contributed by atoms with E-state index in [0.717, 1.165) is 17.4 Å². The minimum atomic E-state index is 0.274. The summed E-state index contributed by atoms with van der Waals surface area (Å²) < 4.78 is 2.02. The van der Waals surface area contributed by atoms with E-state index in [1.165, 1.54) is 4.88 Å². The van der Waals surface area contributed by atoms with Crippen molar-refractivity contribution < 1.29 is 0 Å². The van der Waals surface area contributed by atoms with Crippen molar-refractivity contribution in [2.24, 2.45) is 7.05 Å². The molecule has 2 aromatic heterocycles. The maximum atomic E-state index is 4.37. The Hall–Kier alpha value is -1.20. The smallest absolute Gasteiger partial charge is 0.122 e. The maximum absolute atomic E-state index is 4.37. The lowest BCUT2D eigenvalue weighted by Crippen LogP contribution is -2.19. The molecule has 0 spiro atoms. The molecule has 4 nitrogen and oxygen atoms in total. The molecule has 86 valence electrons. The molecule has 0 radical (unpaired) electrons. The third-order valence-electron chi connectivity index (χ3n) is 2.50. The molecule has 2 rings (SSSR count). The Balaban J connectivity index is 1.93. The van der Waals surface area contributed by atoms with Crippen LogP contribution in [0.25, 0.3) is 0 Å². The molecule has 16 heavy (non-hydrogen) atoms. The van der Waals surface area contributed by atoms with E-state index < -0.39 is 0 Å². The van der Waals surface area contributed by atoms with Crippen molar-refractivity contribution >= 4 is 11.3 Å². The molecule has 0 aromatic carbocycles. The van der Waals surface area contributed by atoms with Crippen molar-refractivity contribution in [2.75, 3.05) is 0 Å². The molecule has 0 saturated carbocycles. The summed E-state index contributed by atoms with van der Waals surface area (Å²) in [6.45, 7) is 4.97. The molecule has 0 aliphatic heterocycles. The predicted octanol–water partition coefficient (Wildman–Crippen LogP) is 2.04. The third kappa shape index (κ3) is 2.48. The number of nitrogens with one attached hydrogen (secondary N) is 1. The summed E-state index contributed by atoms with van der Waals surface area (Å²) in [4.78, 5) is 9.89. The van der Waals surface area contributed by atoms with Crippen LogP contribution in [0.1, 0.15) is 28.7 Å². The van der Waals surface area contributed by atoms with Crippen LogP contribution in [0.2, 0.25) is 0 Å². The Kier molecular flexibility index (Phi) is 3.36. The molecular weight excluding hydrogens is 220 g/mol. The van der Waals surface area contributed by atoms with Crippen LogP contribution in [0.5, 0.6) is 0 Å². The first kappa shape index (κ1) is 11.3. The Morgan fingerprint density at radius 2 is 2.31 bits per heavy atom. The van der Waals surface area contributed by atoms with Gasteiger partial charge in [-0.05, 0) is 13.8 Å². The predicted molar refractivity (Wildman–Crippen MR) is 65.3 cm³/mol. The van der Waals surface area contributed by atoms with E-state index in [-0.39, 0.29) is 6.04 Å². The molecule has 0 aliphatic carbocycles. The molecule has 0 aliphatic rings. The van der Waals surface area contributed by atoms with E-state index in [2.05, 4.69) is 29.1 Å². The van der Waals surface area contributed by atoms with Crippen LogP contribution in [0.3, 0.4) is 0 Å². The number of thiazole rings is 1. The molecule has 0 fully saturated rings. The van der Waals surface area contributed by atoms with E-state index in [9.17, 15) is 0 Å². The van der Waals surface area contributed by atoms with E-state index in [1.54, 1.807) is 11.3 Å². The van der Waals surface area contributed by atoms with Crippen LogP contribution in [-0.4, -0.2) is 14.5 Å². The highest BCUT2D eigenvalue weighted by atomic mass is 32.1. The van der Waals surface area contributed by atoms with Crippen LogP contribution in [0.4, 0.5) is 0 Å². The number of rotatable bonds is 4. The highest BCUT2D eigenvalue weighted by Crippen LogP contribution is 2.18. The number of nitrogens with zero attached hydrogens (tertiary/aromatic N) is 3. The average molecular weight is 236 g/mol. The topological polar surface area (TPSA) is 42.7 Å². The van der Waals surface area contributed by atoms with Crippen LogP contribution < -0.4 is 5.32 Å². The van der Waals surface area contributed by atoms with Gasteiger partial charge in [0.15, 0.2) is 0 Å². The fourth-order valence-corrected chi connectivity index (χ4v) is 2.27. The van der Waals surface area contributed by atoms with Gasteiger partial charge in [0.05, 0.1) is 12.6 Å². The van der Waals surface area contributed by atoms with Gasteiger partial charge >= 0.3 is 0 Å². The maximum Gasteiger partial charge on any atom is 0.122 e.